The quantitative estimate of drug-likeness (QED) is 0.774. The molecule has 134 valence electrons. The molecule has 0 bridgehead atoms. The van der Waals surface area contributed by atoms with Gasteiger partial charge in [0, 0.05) is 32.3 Å². The Morgan fingerprint density at radius 1 is 1.32 bits per heavy atom. The van der Waals surface area contributed by atoms with Crippen molar-refractivity contribution in [3.63, 3.8) is 0 Å². The number of imidazole rings is 1. The maximum absolute atomic E-state index is 12.7. The Hall–Kier alpha value is -2.34. The molecule has 1 aliphatic rings. The third-order valence-electron chi connectivity index (χ3n) is 4.36. The highest BCUT2D eigenvalue weighted by atomic mass is 16.5. The number of benzene rings is 1. The van der Waals surface area contributed by atoms with Crippen LogP contribution in [0.1, 0.15) is 24.6 Å². The minimum atomic E-state index is -0.447. The Morgan fingerprint density at radius 2 is 2.12 bits per heavy atom. The molecule has 1 aliphatic heterocycles. The molecule has 1 amide bonds. The summed E-state index contributed by atoms with van der Waals surface area (Å²) in [6, 6.07) is 7.81. The van der Waals surface area contributed by atoms with Crippen LogP contribution >= 0.6 is 0 Å². The zero-order valence-electron chi connectivity index (χ0n) is 14.9. The van der Waals surface area contributed by atoms with Gasteiger partial charge in [-0.2, -0.15) is 0 Å². The molecule has 2 heterocycles. The second-order valence-corrected chi connectivity index (χ2v) is 6.27. The van der Waals surface area contributed by atoms with Crippen LogP contribution in [0.4, 0.5) is 0 Å². The highest BCUT2D eigenvalue weighted by Crippen LogP contribution is 2.17. The van der Waals surface area contributed by atoms with E-state index >= 15 is 0 Å². The van der Waals surface area contributed by atoms with Crippen LogP contribution in [0.25, 0.3) is 0 Å². The largest absolute Gasteiger partial charge is 0.497 e. The van der Waals surface area contributed by atoms with Crippen LogP contribution in [0.5, 0.6) is 5.75 Å². The Morgan fingerprint density at radius 3 is 2.84 bits per heavy atom. The Labute approximate surface area is 148 Å². The fourth-order valence-corrected chi connectivity index (χ4v) is 3.03. The molecule has 25 heavy (non-hydrogen) atoms. The molecular formula is C19H25N3O3. The van der Waals surface area contributed by atoms with E-state index in [1.165, 1.54) is 0 Å². The molecular weight excluding hydrogens is 318 g/mol. The molecule has 6 heteroatoms. The molecule has 1 aromatic heterocycles. The number of aromatic nitrogens is 2. The Balaban J connectivity index is 1.61. The molecule has 1 unspecified atom stereocenters. The lowest BCUT2D eigenvalue weighted by Crippen LogP contribution is -2.48. The number of hydrogen-bond donors (Lipinski definition) is 0. The Bertz CT molecular complexity index is 696. The number of ether oxygens (including phenoxy) is 2. The molecule has 0 spiro atoms. The monoisotopic (exact) mass is 343 g/mol. The van der Waals surface area contributed by atoms with Crippen molar-refractivity contribution in [2.45, 2.75) is 39.0 Å². The second-order valence-electron chi connectivity index (χ2n) is 6.27. The summed E-state index contributed by atoms with van der Waals surface area (Å²) < 4.78 is 12.9. The van der Waals surface area contributed by atoms with Crippen LogP contribution in [-0.2, 0) is 29.0 Å². The van der Waals surface area contributed by atoms with Gasteiger partial charge in [0.05, 0.1) is 25.7 Å². The van der Waals surface area contributed by atoms with Gasteiger partial charge in [-0.1, -0.05) is 19.1 Å². The van der Waals surface area contributed by atoms with E-state index in [0.29, 0.717) is 26.1 Å². The van der Waals surface area contributed by atoms with Gasteiger partial charge in [0.15, 0.2) is 0 Å². The average molecular weight is 343 g/mol. The van der Waals surface area contributed by atoms with Crippen molar-refractivity contribution in [1.29, 1.82) is 0 Å². The molecule has 6 nitrogen and oxygen atoms in total. The molecule has 0 radical (unpaired) electrons. The lowest BCUT2D eigenvalue weighted by molar-refractivity contribution is -0.153. The fraction of sp³-hybridized carbons (Fsp3) is 0.474. The number of hydrogen-bond acceptors (Lipinski definition) is 4. The second kappa shape index (κ2) is 8.16. The van der Waals surface area contributed by atoms with Crippen LogP contribution < -0.4 is 4.74 Å². The van der Waals surface area contributed by atoms with Crippen molar-refractivity contribution in [3.8, 4) is 5.75 Å². The predicted molar refractivity (Wildman–Crippen MR) is 94.4 cm³/mol. The van der Waals surface area contributed by atoms with Gasteiger partial charge in [0.2, 0.25) is 0 Å². The molecule has 2 aromatic rings. The van der Waals surface area contributed by atoms with Crippen molar-refractivity contribution in [1.82, 2.24) is 14.5 Å². The number of carbonyl (C=O) groups excluding carboxylic acids is 1. The summed E-state index contributed by atoms with van der Waals surface area (Å²) in [5.41, 5.74) is 1.99. The van der Waals surface area contributed by atoms with E-state index < -0.39 is 6.10 Å². The minimum Gasteiger partial charge on any atom is -0.497 e. The molecule has 3 rings (SSSR count). The first-order valence-electron chi connectivity index (χ1n) is 8.73. The number of methoxy groups -OCH3 is 1. The zero-order chi connectivity index (χ0) is 17.6. The summed E-state index contributed by atoms with van der Waals surface area (Å²) in [6.07, 6.45) is 4.96. The molecule has 1 atom stereocenters. The fourth-order valence-electron chi connectivity index (χ4n) is 3.03. The van der Waals surface area contributed by atoms with Gasteiger partial charge in [-0.3, -0.25) is 4.79 Å². The highest BCUT2D eigenvalue weighted by molar-refractivity contribution is 5.81. The number of carbonyl (C=O) groups is 1. The summed E-state index contributed by atoms with van der Waals surface area (Å²) in [5.74, 6) is 0.852. The number of morpholine rings is 1. The van der Waals surface area contributed by atoms with Gasteiger partial charge in [0.25, 0.3) is 5.91 Å². The topological polar surface area (TPSA) is 56.6 Å². The van der Waals surface area contributed by atoms with Gasteiger partial charge in [0.1, 0.15) is 11.9 Å². The summed E-state index contributed by atoms with van der Waals surface area (Å²) >= 11 is 0. The third kappa shape index (κ3) is 4.39. The summed E-state index contributed by atoms with van der Waals surface area (Å²) in [7, 11) is 1.65. The van der Waals surface area contributed by atoms with Crippen LogP contribution in [0.15, 0.2) is 36.8 Å². The standard InChI is InChI=1S/C19H25N3O3/c1-3-8-21-13-16(20-14-21)11-18-19(23)22(9-10-25-18)12-15-4-6-17(24-2)7-5-15/h4-7,13-14,18H,3,8-12H2,1-2H3. The molecule has 0 N–H and O–H groups in total. The first kappa shape index (κ1) is 17.5. The summed E-state index contributed by atoms with van der Waals surface area (Å²) in [4.78, 5) is 19.0. The lowest BCUT2D eigenvalue weighted by atomic mass is 10.1. The predicted octanol–water partition coefficient (Wildman–Crippen LogP) is 2.27. The lowest BCUT2D eigenvalue weighted by Gasteiger charge is -2.32. The average Bonchev–Trinajstić information content (AvgIpc) is 3.06. The van der Waals surface area contributed by atoms with Crippen molar-refractivity contribution in [3.05, 3.63) is 48.0 Å². The van der Waals surface area contributed by atoms with E-state index in [4.69, 9.17) is 9.47 Å². The van der Waals surface area contributed by atoms with Gasteiger partial charge >= 0.3 is 0 Å². The number of rotatable bonds is 7. The van der Waals surface area contributed by atoms with Gasteiger partial charge < -0.3 is 18.9 Å². The molecule has 1 saturated heterocycles. The molecule has 0 saturated carbocycles. The first-order chi connectivity index (χ1) is 12.2. The van der Waals surface area contributed by atoms with E-state index in [1.54, 1.807) is 7.11 Å². The van der Waals surface area contributed by atoms with E-state index in [2.05, 4.69) is 16.5 Å². The number of aryl methyl sites for hydroxylation is 1. The van der Waals surface area contributed by atoms with Crippen molar-refractivity contribution in [2.24, 2.45) is 0 Å². The van der Waals surface area contributed by atoms with Crippen molar-refractivity contribution in [2.75, 3.05) is 20.3 Å². The number of amides is 1. The van der Waals surface area contributed by atoms with E-state index in [9.17, 15) is 4.79 Å². The van der Waals surface area contributed by atoms with Crippen molar-refractivity contribution >= 4 is 5.91 Å². The Kier molecular flexibility index (Phi) is 5.71. The van der Waals surface area contributed by atoms with Crippen LogP contribution in [0, 0.1) is 0 Å². The summed E-state index contributed by atoms with van der Waals surface area (Å²) in [5, 5.41) is 0. The van der Waals surface area contributed by atoms with Crippen LogP contribution in [0.3, 0.4) is 0 Å². The molecule has 1 fully saturated rings. The maximum atomic E-state index is 12.7. The zero-order valence-corrected chi connectivity index (χ0v) is 14.9. The smallest absolute Gasteiger partial charge is 0.252 e. The van der Waals surface area contributed by atoms with Crippen LogP contribution in [-0.4, -0.2) is 46.7 Å². The highest BCUT2D eigenvalue weighted by Gasteiger charge is 2.30. The van der Waals surface area contributed by atoms with Crippen LogP contribution in [0.2, 0.25) is 0 Å². The maximum Gasteiger partial charge on any atom is 0.252 e. The third-order valence-corrected chi connectivity index (χ3v) is 4.36. The number of nitrogens with zero attached hydrogens (tertiary/aromatic N) is 3. The van der Waals surface area contributed by atoms with Gasteiger partial charge in [-0.15, -0.1) is 0 Å². The van der Waals surface area contributed by atoms with E-state index in [-0.39, 0.29) is 5.91 Å². The van der Waals surface area contributed by atoms with Crippen molar-refractivity contribution < 1.29 is 14.3 Å². The summed E-state index contributed by atoms with van der Waals surface area (Å²) in [6.45, 7) is 4.83. The molecule has 0 aliphatic carbocycles. The molecule has 1 aromatic carbocycles. The minimum absolute atomic E-state index is 0.0344. The SMILES string of the molecule is CCCn1cnc(CC2OCCN(Cc3ccc(OC)cc3)C2=O)c1. The van der Waals surface area contributed by atoms with Gasteiger partial charge in [-0.05, 0) is 24.1 Å². The van der Waals surface area contributed by atoms with Gasteiger partial charge in [-0.25, -0.2) is 4.98 Å². The van der Waals surface area contributed by atoms with E-state index in [1.807, 2.05) is 41.7 Å². The normalized spacial score (nSPS) is 17.8. The van der Waals surface area contributed by atoms with E-state index in [0.717, 1.165) is 30.0 Å². The first-order valence-corrected chi connectivity index (χ1v) is 8.73.